The molecule has 8 aromatic carbocycles. The van der Waals surface area contributed by atoms with Gasteiger partial charge in [-0.1, -0.05) is 146 Å². The zero-order valence-electron chi connectivity index (χ0n) is 24.8. The van der Waals surface area contributed by atoms with Crippen molar-refractivity contribution in [1.82, 2.24) is 0 Å². The Hall–Kier alpha value is -5.26. The van der Waals surface area contributed by atoms with Gasteiger partial charge in [0.25, 0.3) is 0 Å². The van der Waals surface area contributed by atoms with E-state index < -0.39 is 7.12 Å². The summed E-state index contributed by atoms with van der Waals surface area (Å²) in [6.45, 7) is 0. The molecule has 2 nitrogen and oxygen atoms in total. The van der Waals surface area contributed by atoms with Gasteiger partial charge in [0.2, 0.25) is 0 Å². The molecule has 46 heavy (non-hydrogen) atoms. The molecule has 9 aromatic rings. The van der Waals surface area contributed by atoms with Crippen LogP contribution in [0.3, 0.4) is 0 Å². The van der Waals surface area contributed by atoms with E-state index >= 15 is 0 Å². The summed E-state index contributed by atoms with van der Waals surface area (Å²) in [6, 6.07) is 53.3. The molecule has 0 saturated heterocycles. The summed E-state index contributed by atoms with van der Waals surface area (Å²) in [7, 11) is -1.62. The Morgan fingerprint density at radius 3 is 1.28 bits per heavy atom. The molecule has 0 bridgehead atoms. The van der Waals surface area contributed by atoms with Crippen molar-refractivity contribution in [2.45, 2.75) is 0 Å². The highest BCUT2D eigenvalue weighted by Crippen LogP contribution is 2.45. The van der Waals surface area contributed by atoms with E-state index in [1.54, 1.807) is 11.3 Å². The lowest BCUT2D eigenvalue weighted by Gasteiger charge is -2.19. The molecule has 2 N–H and O–H groups in total. The van der Waals surface area contributed by atoms with Crippen LogP contribution in [-0.2, 0) is 0 Å². The highest BCUT2D eigenvalue weighted by Gasteiger charge is 2.26. The van der Waals surface area contributed by atoms with Gasteiger partial charge in [0.15, 0.2) is 0 Å². The zero-order chi connectivity index (χ0) is 30.8. The molecule has 0 aliphatic carbocycles. The van der Waals surface area contributed by atoms with Crippen LogP contribution in [-0.4, -0.2) is 17.2 Å². The van der Waals surface area contributed by atoms with E-state index in [0.29, 0.717) is 5.46 Å². The fourth-order valence-electron chi connectivity index (χ4n) is 7.40. The standard InChI is InChI=1S/C42H27BO2S/c44-43(45)41-39(33-18-8-9-19-34(33)40-35-20-10-11-21-36(35)46-42(40)41)28-24-22-27(23-25-28)38-31-16-6-4-14-29(31)37(26-12-2-1-3-13-26)30-15-5-7-17-32(30)38/h1-25,44-45H. The van der Waals surface area contributed by atoms with E-state index in [1.165, 1.54) is 38.2 Å². The predicted molar refractivity (Wildman–Crippen MR) is 198 cm³/mol. The average molecular weight is 607 g/mol. The lowest BCUT2D eigenvalue weighted by Crippen LogP contribution is -2.32. The minimum atomic E-state index is -1.62. The highest BCUT2D eigenvalue weighted by atomic mass is 32.1. The number of thiophene rings is 1. The first-order valence-electron chi connectivity index (χ1n) is 15.5. The Morgan fingerprint density at radius 2 is 0.761 bits per heavy atom. The molecule has 9 rings (SSSR count). The summed E-state index contributed by atoms with van der Waals surface area (Å²) in [5.41, 5.74) is 7.15. The highest BCUT2D eigenvalue weighted by molar-refractivity contribution is 7.27. The van der Waals surface area contributed by atoms with Crippen molar-refractivity contribution in [3.05, 3.63) is 152 Å². The van der Waals surface area contributed by atoms with E-state index in [9.17, 15) is 10.0 Å². The van der Waals surface area contributed by atoms with Crippen LogP contribution >= 0.6 is 11.3 Å². The van der Waals surface area contributed by atoms with Crippen LogP contribution in [0, 0.1) is 0 Å². The molecule has 1 aromatic heterocycles. The van der Waals surface area contributed by atoms with E-state index in [1.807, 2.05) is 18.2 Å². The van der Waals surface area contributed by atoms with Crippen LogP contribution in [0.5, 0.6) is 0 Å². The largest absolute Gasteiger partial charge is 0.490 e. The third kappa shape index (κ3) is 4.05. The van der Waals surface area contributed by atoms with Gasteiger partial charge in [-0.25, -0.2) is 0 Å². The van der Waals surface area contributed by atoms with Crippen molar-refractivity contribution in [1.29, 1.82) is 0 Å². The summed E-state index contributed by atoms with van der Waals surface area (Å²) in [5, 5.41) is 31.0. The SMILES string of the molecule is OB(O)c1c(-c2ccc(-c3c4ccccc4c(-c4ccccc4)c4ccccc34)cc2)c2ccccc2c2c1sc1ccccc12. The van der Waals surface area contributed by atoms with Gasteiger partial charge in [-0.2, -0.15) is 0 Å². The van der Waals surface area contributed by atoms with Crippen LogP contribution in [0.1, 0.15) is 0 Å². The zero-order valence-corrected chi connectivity index (χ0v) is 25.6. The number of hydrogen-bond acceptors (Lipinski definition) is 3. The van der Waals surface area contributed by atoms with Crippen LogP contribution in [0.15, 0.2) is 152 Å². The molecule has 0 aliphatic rings. The van der Waals surface area contributed by atoms with Crippen molar-refractivity contribution in [3.8, 4) is 33.4 Å². The van der Waals surface area contributed by atoms with Crippen molar-refractivity contribution in [3.63, 3.8) is 0 Å². The third-order valence-corrected chi connectivity index (χ3v) is 10.5. The molecule has 0 unspecified atom stereocenters. The molecule has 0 saturated carbocycles. The van der Waals surface area contributed by atoms with Crippen molar-refractivity contribution in [2.75, 3.05) is 0 Å². The number of fused-ring (bicyclic) bond motifs is 7. The fraction of sp³-hybridized carbons (Fsp3) is 0. The minimum absolute atomic E-state index is 0.561. The van der Waals surface area contributed by atoms with Gasteiger partial charge in [-0.05, 0) is 71.8 Å². The van der Waals surface area contributed by atoms with Gasteiger partial charge in [-0.3, -0.25) is 0 Å². The molecule has 4 heteroatoms. The predicted octanol–water partition coefficient (Wildman–Crippen LogP) is 10.2. The monoisotopic (exact) mass is 606 g/mol. The summed E-state index contributed by atoms with van der Waals surface area (Å²) < 4.78 is 2.05. The number of benzene rings is 8. The first-order chi connectivity index (χ1) is 22.7. The molecule has 0 atom stereocenters. The summed E-state index contributed by atoms with van der Waals surface area (Å²) in [6.07, 6.45) is 0. The summed E-state index contributed by atoms with van der Waals surface area (Å²) in [5.74, 6) is 0. The molecular formula is C42H27BO2S. The Balaban J connectivity index is 1.31. The minimum Gasteiger partial charge on any atom is -0.423 e. The maximum Gasteiger partial charge on any atom is 0.490 e. The molecule has 0 aliphatic heterocycles. The van der Waals surface area contributed by atoms with Crippen LogP contribution in [0.25, 0.3) is 85.9 Å². The molecule has 0 radical (unpaired) electrons. The Bertz CT molecular complexity index is 2550. The second-order valence-corrected chi connectivity index (χ2v) is 12.8. The quantitative estimate of drug-likeness (QED) is 0.155. The smallest absolute Gasteiger partial charge is 0.423 e. The summed E-state index contributed by atoms with van der Waals surface area (Å²) in [4.78, 5) is 0. The number of rotatable bonds is 4. The maximum absolute atomic E-state index is 10.9. The molecule has 1 heterocycles. The number of hydrogen-bond donors (Lipinski definition) is 2. The second-order valence-electron chi connectivity index (χ2n) is 11.8. The van der Waals surface area contributed by atoms with Gasteiger partial charge >= 0.3 is 7.12 Å². The Morgan fingerprint density at radius 1 is 0.370 bits per heavy atom. The summed E-state index contributed by atoms with van der Waals surface area (Å²) >= 11 is 1.62. The van der Waals surface area contributed by atoms with Gasteiger partial charge < -0.3 is 10.0 Å². The fourth-order valence-corrected chi connectivity index (χ4v) is 8.68. The van der Waals surface area contributed by atoms with E-state index in [4.69, 9.17) is 0 Å². The molecule has 0 spiro atoms. The average Bonchev–Trinajstić information content (AvgIpc) is 3.50. The van der Waals surface area contributed by atoms with Crippen molar-refractivity contribution >= 4 is 76.4 Å². The molecule has 216 valence electrons. The van der Waals surface area contributed by atoms with E-state index in [2.05, 4.69) is 133 Å². The van der Waals surface area contributed by atoms with E-state index in [-0.39, 0.29) is 0 Å². The van der Waals surface area contributed by atoms with Crippen LogP contribution < -0.4 is 5.46 Å². The first kappa shape index (κ1) is 27.1. The normalized spacial score (nSPS) is 11.7. The van der Waals surface area contributed by atoms with Crippen molar-refractivity contribution in [2.24, 2.45) is 0 Å². The molecular weight excluding hydrogens is 579 g/mol. The van der Waals surface area contributed by atoms with Gasteiger partial charge in [0.1, 0.15) is 0 Å². The lowest BCUT2D eigenvalue weighted by atomic mass is 9.72. The molecule has 0 amide bonds. The van der Waals surface area contributed by atoms with Gasteiger partial charge in [0.05, 0.1) is 0 Å². The Labute approximate surface area is 270 Å². The van der Waals surface area contributed by atoms with E-state index in [0.717, 1.165) is 47.6 Å². The lowest BCUT2D eigenvalue weighted by molar-refractivity contribution is 0.426. The van der Waals surface area contributed by atoms with Crippen molar-refractivity contribution < 1.29 is 10.0 Å². The topological polar surface area (TPSA) is 40.5 Å². The maximum atomic E-state index is 10.9. The first-order valence-corrected chi connectivity index (χ1v) is 16.3. The molecule has 0 fully saturated rings. The van der Waals surface area contributed by atoms with Crippen LogP contribution in [0.2, 0.25) is 0 Å². The van der Waals surface area contributed by atoms with Gasteiger partial charge in [-0.15, -0.1) is 11.3 Å². The second kappa shape index (κ2) is 10.7. The van der Waals surface area contributed by atoms with Gasteiger partial charge in [0, 0.05) is 25.6 Å². The van der Waals surface area contributed by atoms with Crippen LogP contribution in [0.4, 0.5) is 0 Å². The third-order valence-electron chi connectivity index (χ3n) is 9.29. The Kier molecular flexibility index (Phi) is 6.29.